The first-order valence-electron chi connectivity index (χ1n) is 12.1. The standard InChI is InChI=1S/C24H33N9O3/c1-5-32(6-2)20-11-16(12-21(30-20)36-24(34)26-3)19-14-27-22(25)23(29-19)35-18-13-28-33(15-18)17-7-9-31(4)10-8-17/h11-15,17H,5-10H2,1-4H3,(H2,25,27)(H,26,34). The molecule has 3 aromatic rings. The number of nitrogen functional groups attached to an aromatic ring is 1. The van der Waals surface area contributed by atoms with Crippen molar-refractivity contribution in [1.82, 2.24) is 34.9 Å². The minimum Gasteiger partial charge on any atom is -0.433 e. The third-order valence-corrected chi connectivity index (χ3v) is 6.19. The fourth-order valence-corrected chi connectivity index (χ4v) is 4.09. The zero-order chi connectivity index (χ0) is 25.7. The fraction of sp³-hybridized carbons (Fsp3) is 0.458. The molecule has 0 unspecified atom stereocenters. The summed E-state index contributed by atoms with van der Waals surface area (Å²) in [5.74, 6) is 1.66. The Kier molecular flexibility index (Phi) is 7.84. The zero-order valence-electron chi connectivity index (χ0n) is 21.1. The molecular formula is C24H33N9O3. The van der Waals surface area contributed by atoms with Gasteiger partial charge in [0.25, 0.3) is 5.88 Å². The number of hydrogen-bond acceptors (Lipinski definition) is 10. The maximum absolute atomic E-state index is 11.8. The Bertz CT molecular complexity index is 1190. The number of nitrogens with two attached hydrogens (primary N) is 1. The Balaban J connectivity index is 1.61. The van der Waals surface area contributed by atoms with Crippen LogP contribution in [-0.2, 0) is 0 Å². The Morgan fingerprint density at radius 3 is 2.64 bits per heavy atom. The van der Waals surface area contributed by atoms with Gasteiger partial charge < -0.3 is 30.3 Å². The average molecular weight is 496 g/mol. The number of aromatic nitrogens is 5. The quantitative estimate of drug-likeness (QED) is 0.480. The van der Waals surface area contributed by atoms with Crippen molar-refractivity contribution in [3.8, 4) is 28.8 Å². The molecule has 4 rings (SSSR count). The Morgan fingerprint density at radius 2 is 1.94 bits per heavy atom. The van der Waals surface area contributed by atoms with Crippen LogP contribution in [0.2, 0.25) is 0 Å². The molecule has 0 radical (unpaired) electrons. The van der Waals surface area contributed by atoms with Crippen LogP contribution in [0.3, 0.4) is 0 Å². The molecule has 12 nitrogen and oxygen atoms in total. The molecule has 0 aliphatic carbocycles. The van der Waals surface area contributed by atoms with Crippen LogP contribution in [0.15, 0.2) is 30.7 Å². The average Bonchev–Trinajstić information content (AvgIpc) is 3.35. The molecule has 0 bridgehead atoms. The van der Waals surface area contributed by atoms with Crippen LogP contribution in [0, 0.1) is 0 Å². The summed E-state index contributed by atoms with van der Waals surface area (Å²) in [5, 5.41) is 6.92. The van der Waals surface area contributed by atoms with Gasteiger partial charge in [0.2, 0.25) is 5.88 Å². The van der Waals surface area contributed by atoms with E-state index in [0.29, 0.717) is 28.9 Å². The molecule has 4 heterocycles. The van der Waals surface area contributed by atoms with Crippen molar-refractivity contribution in [2.24, 2.45) is 0 Å². The lowest BCUT2D eigenvalue weighted by molar-refractivity contribution is 0.201. The molecule has 0 spiro atoms. The minimum atomic E-state index is -0.612. The van der Waals surface area contributed by atoms with Gasteiger partial charge in [-0.05, 0) is 52.9 Å². The predicted octanol–water partition coefficient (Wildman–Crippen LogP) is 2.94. The molecule has 1 saturated heterocycles. The van der Waals surface area contributed by atoms with Crippen LogP contribution in [0.4, 0.5) is 16.4 Å². The molecule has 1 aliphatic rings. The van der Waals surface area contributed by atoms with Gasteiger partial charge in [-0.15, -0.1) is 0 Å². The van der Waals surface area contributed by atoms with E-state index in [2.05, 4.69) is 37.3 Å². The number of carbonyl (C=O) groups is 1. The number of nitrogens with one attached hydrogen (secondary N) is 1. The molecule has 12 heteroatoms. The lowest BCUT2D eigenvalue weighted by Gasteiger charge is -2.28. The third-order valence-electron chi connectivity index (χ3n) is 6.19. The van der Waals surface area contributed by atoms with Gasteiger partial charge in [-0.1, -0.05) is 0 Å². The van der Waals surface area contributed by atoms with Crippen LogP contribution >= 0.6 is 0 Å². The van der Waals surface area contributed by atoms with E-state index in [1.165, 1.54) is 7.05 Å². The van der Waals surface area contributed by atoms with Crippen molar-refractivity contribution in [2.45, 2.75) is 32.7 Å². The van der Waals surface area contributed by atoms with E-state index >= 15 is 0 Å². The van der Waals surface area contributed by atoms with E-state index in [1.54, 1.807) is 18.5 Å². The first-order chi connectivity index (χ1) is 17.4. The Hall–Kier alpha value is -3.93. The molecular weight excluding hydrogens is 462 g/mol. The second kappa shape index (κ2) is 11.2. The third kappa shape index (κ3) is 5.82. The molecule has 192 valence electrons. The maximum Gasteiger partial charge on any atom is 0.413 e. The summed E-state index contributed by atoms with van der Waals surface area (Å²) in [4.78, 5) is 29.5. The SMILES string of the molecule is CCN(CC)c1cc(-c2cnc(N)c(Oc3cnn(C4CCN(C)CC4)c3)n2)cc(OC(=O)NC)n1. The molecule has 0 aromatic carbocycles. The van der Waals surface area contributed by atoms with E-state index in [-0.39, 0.29) is 17.6 Å². The second-order valence-electron chi connectivity index (χ2n) is 8.60. The van der Waals surface area contributed by atoms with E-state index in [9.17, 15) is 4.79 Å². The summed E-state index contributed by atoms with van der Waals surface area (Å²) < 4.78 is 13.2. The maximum atomic E-state index is 11.8. The lowest BCUT2D eigenvalue weighted by Crippen LogP contribution is -2.31. The van der Waals surface area contributed by atoms with Crippen LogP contribution in [0.1, 0.15) is 32.7 Å². The van der Waals surface area contributed by atoms with E-state index in [0.717, 1.165) is 39.0 Å². The number of carbonyl (C=O) groups excluding carboxylic acids is 1. The highest BCUT2D eigenvalue weighted by Gasteiger charge is 2.20. The number of hydrogen-bond donors (Lipinski definition) is 2. The van der Waals surface area contributed by atoms with Gasteiger partial charge in [0.15, 0.2) is 11.6 Å². The van der Waals surface area contributed by atoms with Crippen LogP contribution < -0.4 is 25.4 Å². The normalized spacial score (nSPS) is 14.4. The van der Waals surface area contributed by atoms with E-state index in [1.807, 2.05) is 35.7 Å². The van der Waals surface area contributed by atoms with Gasteiger partial charge in [0.1, 0.15) is 5.82 Å². The van der Waals surface area contributed by atoms with Crippen LogP contribution in [-0.4, -0.2) is 76.0 Å². The van der Waals surface area contributed by atoms with Gasteiger partial charge in [0.05, 0.1) is 30.3 Å². The first kappa shape index (κ1) is 25.2. The lowest BCUT2D eigenvalue weighted by atomic mass is 10.1. The van der Waals surface area contributed by atoms with Crippen molar-refractivity contribution >= 4 is 17.7 Å². The van der Waals surface area contributed by atoms with E-state index in [4.69, 9.17) is 15.2 Å². The van der Waals surface area contributed by atoms with Crippen molar-refractivity contribution in [2.75, 3.05) is 50.9 Å². The highest BCUT2D eigenvalue weighted by molar-refractivity contribution is 5.72. The summed E-state index contributed by atoms with van der Waals surface area (Å²) in [6.07, 6.45) is 6.53. The topological polar surface area (TPSA) is 137 Å². The summed E-state index contributed by atoms with van der Waals surface area (Å²) in [6.45, 7) is 7.59. The van der Waals surface area contributed by atoms with Crippen LogP contribution in [0.25, 0.3) is 11.3 Å². The number of ether oxygens (including phenoxy) is 2. The molecule has 3 aromatic heterocycles. The summed E-state index contributed by atoms with van der Waals surface area (Å²) in [6, 6.07) is 3.83. The molecule has 0 atom stereocenters. The monoisotopic (exact) mass is 495 g/mol. The zero-order valence-corrected chi connectivity index (χ0v) is 21.1. The van der Waals surface area contributed by atoms with Gasteiger partial charge >= 0.3 is 6.09 Å². The number of rotatable bonds is 8. The highest BCUT2D eigenvalue weighted by atomic mass is 16.6. The number of nitrogens with zero attached hydrogens (tertiary/aromatic N) is 7. The van der Waals surface area contributed by atoms with Crippen molar-refractivity contribution in [3.05, 3.63) is 30.7 Å². The van der Waals surface area contributed by atoms with E-state index < -0.39 is 6.09 Å². The molecule has 1 amide bonds. The van der Waals surface area contributed by atoms with Gasteiger partial charge in [-0.3, -0.25) is 4.68 Å². The number of pyridine rings is 1. The van der Waals surface area contributed by atoms with Crippen molar-refractivity contribution in [1.29, 1.82) is 0 Å². The van der Waals surface area contributed by atoms with Crippen molar-refractivity contribution in [3.63, 3.8) is 0 Å². The van der Waals surface area contributed by atoms with Crippen molar-refractivity contribution < 1.29 is 14.3 Å². The molecule has 36 heavy (non-hydrogen) atoms. The smallest absolute Gasteiger partial charge is 0.413 e. The molecule has 1 aliphatic heterocycles. The van der Waals surface area contributed by atoms with Gasteiger partial charge in [-0.2, -0.15) is 10.1 Å². The number of amides is 1. The minimum absolute atomic E-state index is 0.147. The first-order valence-corrected chi connectivity index (χ1v) is 12.1. The summed E-state index contributed by atoms with van der Waals surface area (Å²) in [7, 11) is 3.62. The summed E-state index contributed by atoms with van der Waals surface area (Å²) in [5.41, 5.74) is 7.24. The fourth-order valence-electron chi connectivity index (χ4n) is 4.09. The van der Waals surface area contributed by atoms with Crippen LogP contribution in [0.5, 0.6) is 17.5 Å². The number of piperidine rings is 1. The van der Waals surface area contributed by atoms with Gasteiger partial charge in [0, 0.05) is 31.8 Å². The largest absolute Gasteiger partial charge is 0.433 e. The predicted molar refractivity (Wildman–Crippen MR) is 136 cm³/mol. The van der Waals surface area contributed by atoms with Gasteiger partial charge in [-0.25, -0.2) is 14.8 Å². The second-order valence-corrected chi connectivity index (χ2v) is 8.60. The Labute approximate surface area is 210 Å². The Morgan fingerprint density at radius 1 is 1.19 bits per heavy atom. The molecule has 1 fully saturated rings. The molecule has 3 N–H and O–H groups in total. The molecule has 0 saturated carbocycles. The highest BCUT2D eigenvalue weighted by Crippen LogP contribution is 2.31. The summed E-state index contributed by atoms with van der Waals surface area (Å²) >= 11 is 0. The number of likely N-dealkylation sites (tertiary alicyclic amines) is 1. The number of anilines is 2.